The topological polar surface area (TPSA) is 117 Å². The number of benzene rings is 2. The number of tetrazole rings is 1. The number of hydrogen-bond acceptors (Lipinski definition) is 7. The van der Waals surface area contributed by atoms with Crippen LogP contribution in [0.15, 0.2) is 61.1 Å². The van der Waals surface area contributed by atoms with Gasteiger partial charge >= 0.3 is 12.1 Å². The minimum Gasteiger partial charge on any atom is -0.462 e. The number of aromatic nitrogens is 6. The number of carbonyl (C=O) groups excluding carboxylic acids is 2. The van der Waals surface area contributed by atoms with Crippen molar-refractivity contribution >= 4 is 17.6 Å². The number of nitrogens with one attached hydrogen (secondary N) is 1. The molecule has 0 fully saturated rings. The van der Waals surface area contributed by atoms with Gasteiger partial charge in [-0.15, -0.1) is 5.10 Å². The van der Waals surface area contributed by atoms with E-state index in [4.69, 9.17) is 4.74 Å². The van der Waals surface area contributed by atoms with Crippen LogP contribution in [0.4, 0.5) is 18.9 Å². The second kappa shape index (κ2) is 9.75. The summed E-state index contributed by atoms with van der Waals surface area (Å²) in [5.41, 5.74) is 0.00616. The van der Waals surface area contributed by atoms with Crippen molar-refractivity contribution in [1.82, 2.24) is 30.0 Å². The number of carbonyl (C=O) groups is 2. The number of esters is 1. The molecule has 2 heterocycles. The van der Waals surface area contributed by atoms with E-state index < -0.39 is 23.4 Å². The van der Waals surface area contributed by atoms with Crippen LogP contribution in [0.2, 0.25) is 0 Å². The Balaban J connectivity index is 1.46. The monoisotopic (exact) mass is 485 g/mol. The molecule has 0 saturated carbocycles. The Hall–Kier alpha value is -4.55. The summed E-state index contributed by atoms with van der Waals surface area (Å²) < 4.78 is 47.8. The molecule has 2 aromatic carbocycles. The lowest BCUT2D eigenvalue weighted by atomic mass is 10.1. The van der Waals surface area contributed by atoms with Gasteiger partial charge in [-0.25, -0.2) is 14.2 Å². The molecule has 0 aliphatic heterocycles. The van der Waals surface area contributed by atoms with Gasteiger partial charge < -0.3 is 10.1 Å². The van der Waals surface area contributed by atoms with Gasteiger partial charge in [0.05, 0.1) is 30.6 Å². The van der Waals surface area contributed by atoms with E-state index in [9.17, 15) is 22.8 Å². The number of amides is 1. The quantitative estimate of drug-likeness (QED) is 0.400. The molecule has 180 valence electrons. The van der Waals surface area contributed by atoms with Crippen LogP contribution < -0.4 is 5.32 Å². The number of rotatable bonds is 7. The Morgan fingerprint density at radius 3 is 2.31 bits per heavy atom. The second-order valence-electron chi connectivity index (χ2n) is 7.23. The average molecular weight is 485 g/mol. The van der Waals surface area contributed by atoms with Crippen molar-refractivity contribution in [2.24, 2.45) is 0 Å². The van der Waals surface area contributed by atoms with Gasteiger partial charge in [0, 0.05) is 5.69 Å². The number of nitrogens with zero attached hydrogens (tertiary/aromatic N) is 6. The van der Waals surface area contributed by atoms with Crippen LogP contribution in [-0.4, -0.2) is 48.5 Å². The first-order valence-electron chi connectivity index (χ1n) is 10.3. The van der Waals surface area contributed by atoms with Gasteiger partial charge in [-0.2, -0.15) is 18.3 Å². The molecule has 1 amide bonds. The van der Waals surface area contributed by atoms with Crippen LogP contribution in [0.25, 0.3) is 11.4 Å². The minimum atomic E-state index is -4.84. The number of anilines is 1. The van der Waals surface area contributed by atoms with E-state index in [1.807, 2.05) is 0 Å². The first-order valence-corrected chi connectivity index (χ1v) is 10.3. The number of alkyl halides is 3. The number of hydrogen-bond donors (Lipinski definition) is 1. The minimum absolute atomic E-state index is 0.0593. The van der Waals surface area contributed by atoms with E-state index >= 15 is 0 Å². The zero-order valence-electron chi connectivity index (χ0n) is 18.2. The third-order valence-electron chi connectivity index (χ3n) is 4.84. The molecule has 2 aromatic heterocycles. The highest BCUT2D eigenvalue weighted by molar-refractivity contribution is 5.92. The smallest absolute Gasteiger partial charge is 0.434 e. The standard InChI is InChI=1S/C22H18F3N7O3/c1-2-35-21(34)18-12-27-32(20(18)22(23,24)25)17-9-5-15(6-10-17)28-19(33)11-14-3-7-16(8-4-14)31-13-26-29-30-31/h3-10,12-13H,2,11H2,1H3,(H,28,33). The van der Waals surface area contributed by atoms with E-state index in [2.05, 4.69) is 25.9 Å². The maximum atomic E-state index is 13.7. The van der Waals surface area contributed by atoms with Crippen molar-refractivity contribution in [2.75, 3.05) is 11.9 Å². The number of ether oxygens (including phenoxy) is 1. The largest absolute Gasteiger partial charge is 0.462 e. The molecule has 0 unspecified atom stereocenters. The number of halogens is 3. The Bertz CT molecular complexity index is 1320. The summed E-state index contributed by atoms with van der Waals surface area (Å²) in [7, 11) is 0. The van der Waals surface area contributed by atoms with Crippen LogP contribution >= 0.6 is 0 Å². The Morgan fingerprint density at radius 1 is 1.03 bits per heavy atom. The Labute approximate surface area is 196 Å². The van der Waals surface area contributed by atoms with E-state index in [1.165, 1.54) is 42.2 Å². The first kappa shape index (κ1) is 23.6. The summed E-state index contributed by atoms with van der Waals surface area (Å²) >= 11 is 0. The van der Waals surface area contributed by atoms with Gasteiger partial charge in [-0.1, -0.05) is 12.1 Å². The molecule has 0 spiro atoms. The first-order chi connectivity index (χ1) is 16.8. The summed E-state index contributed by atoms with van der Waals surface area (Å²) in [6.45, 7) is 1.42. The third kappa shape index (κ3) is 5.34. The van der Waals surface area contributed by atoms with Crippen LogP contribution in [0, 0.1) is 0 Å². The van der Waals surface area contributed by atoms with Gasteiger partial charge in [-0.05, 0) is 59.3 Å². The van der Waals surface area contributed by atoms with Gasteiger partial charge in [0.25, 0.3) is 0 Å². The fourth-order valence-electron chi connectivity index (χ4n) is 3.30. The molecule has 13 heteroatoms. The predicted octanol–water partition coefficient (Wildman–Crippen LogP) is 3.22. The van der Waals surface area contributed by atoms with E-state index in [0.29, 0.717) is 10.4 Å². The van der Waals surface area contributed by atoms with E-state index in [0.717, 1.165) is 17.4 Å². The van der Waals surface area contributed by atoms with Crippen molar-refractivity contribution in [1.29, 1.82) is 0 Å². The predicted molar refractivity (Wildman–Crippen MR) is 116 cm³/mol. The zero-order chi connectivity index (χ0) is 25.0. The second-order valence-corrected chi connectivity index (χ2v) is 7.23. The molecule has 1 N–H and O–H groups in total. The summed E-state index contributed by atoms with van der Waals surface area (Å²) in [6, 6.07) is 12.6. The van der Waals surface area contributed by atoms with Crippen molar-refractivity contribution < 1.29 is 27.5 Å². The average Bonchev–Trinajstić information content (AvgIpc) is 3.51. The fourth-order valence-corrected chi connectivity index (χ4v) is 3.30. The molecule has 0 aliphatic carbocycles. The van der Waals surface area contributed by atoms with Gasteiger partial charge in [0.1, 0.15) is 11.9 Å². The summed E-state index contributed by atoms with van der Waals surface area (Å²) in [5, 5.41) is 17.3. The zero-order valence-corrected chi connectivity index (χ0v) is 18.2. The molecule has 35 heavy (non-hydrogen) atoms. The fraction of sp³-hybridized carbons (Fsp3) is 0.182. The maximum absolute atomic E-state index is 13.7. The molecule has 0 bridgehead atoms. The summed E-state index contributed by atoms with van der Waals surface area (Å²) in [6.07, 6.45) is -2.49. The van der Waals surface area contributed by atoms with Crippen molar-refractivity contribution in [2.45, 2.75) is 19.5 Å². The van der Waals surface area contributed by atoms with E-state index in [-0.39, 0.29) is 24.6 Å². The maximum Gasteiger partial charge on any atom is 0.434 e. The molecular weight excluding hydrogens is 467 g/mol. The molecule has 0 aliphatic rings. The van der Waals surface area contributed by atoms with Crippen LogP contribution in [0.3, 0.4) is 0 Å². The normalized spacial score (nSPS) is 11.3. The van der Waals surface area contributed by atoms with Crippen molar-refractivity contribution in [3.05, 3.63) is 77.9 Å². The lowest BCUT2D eigenvalue weighted by molar-refractivity contribution is -0.143. The molecule has 4 rings (SSSR count). The van der Waals surface area contributed by atoms with Gasteiger partial charge in [0.15, 0.2) is 5.69 Å². The molecule has 0 saturated heterocycles. The highest BCUT2D eigenvalue weighted by Crippen LogP contribution is 2.34. The van der Waals surface area contributed by atoms with Crippen molar-refractivity contribution in [3.8, 4) is 11.4 Å². The van der Waals surface area contributed by atoms with Crippen molar-refractivity contribution in [3.63, 3.8) is 0 Å². The van der Waals surface area contributed by atoms with Gasteiger partial charge in [-0.3, -0.25) is 4.79 Å². The molecule has 4 aromatic rings. The Kier molecular flexibility index (Phi) is 6.57. The highest BCUT2D eigenvalue weighted by atomic mass is 19.4. The molecular formula is C22H18F3N7O3. The summed E-state index contributed by atoms with van der Waals surface area (Å²) in [5.74, 6) is -1.42. The van der Waals surface area contributed by atoms with Gasteiger partial charge in [0.2, 0.25) is 5.91 Å². The molecule has 10 nitrogen and oxygen atoms in total. The van der Waals surface area contributed by atoms with Crippen LogP contribution in [0.1, 0.15) is 28.5 Å². The van der Waals surface area contributed by atoms with Crippen LogP contribution in [0.5, 0.6) is 0 Å². The lowest BCUT2D eigenvalue weighted by Crippen LogP contribution is -2.18. The highest BCUT2D eigenvalue weighted by Gasteiger charge is 2.41. The SMILES string of the molecule is CCOC(=O)c1cnn(-c2ccc(NC(=O)Cc3ccc(-n4cnnn4)cc3)cc2)c1C(F)(F)F. The molecule has 0 atom stereocenters. The van der Waals surface area contributed by atoms with E-state index in [1.54, 1.807) is 24.3 Å². The third-order valence-corrected chi connectivity index (χ3v) is 4.84. The summed E-state index contributed by atoms with van der Waals surface area (Å²) in [4.78, 5) is 24.3. The Morgan fingerprint density at radius 2 is 1.71 bits per heavy atom. The molecule has 0 radical (unpaired) electrons. The lowest BCUT2D eigenvalue weighted by Gasteiger charge is -2.13. The van der Waals surface area contributed by atoms with Crippen LogP contribution in [-0.2, 0) is 22.1 Å².